The van der Waals surface area contributed by atoms with Crippen LogP contribution in [0.3, 0.4) is 0 Å². The Morgan fingerprint density at radius 3 is 2.35 bits per heavy atom. The van der Waals surface area contributed by atoms with E-state index < -0.39 is 5.54 Å². The molecule has 0 radical (unpaired) electrons. The molecular weight excluding hydrogens is 350 g/mol. The number of hydrogen-bond acceptors (Lipinski definition) is 5. The van der Waals surface area contributed by atoms with E-state index in [9.17, 15) is 9.90 Å². The van der Waals surface area contributed by atoms with Gasteiger partial charge in [-0.25, -0.2) is 0 Å². The van der Waals surface area contributed by atoms with Crippen LogP contribution >= 0.6 is 12.2 Å². The van der Waals surface area contributed by atoms with Gasteiger partial charge in [0, 0.05) is 11.8 Å². The Labute approximate surface area is 156 Å². The summed E-state index contributed by atoms with van der Waals surface area (Å²) in [6.45, 7) is 3.57. The molecule has 1 amide bonds. The summed E-state index contributed by atoms with van der Waals surface area (Å²) in [7, 11) is 1.47. The third-order valence-electron chi connectivity index (χ3n) is 4.34. The van der Waals surface area contributed by atoms with Crippen LogP contribution in [0.15, 0.2) is 42.5 Å². The lowest BCUT2D eigenvalue weighted by Crippen LogP contribution is -2.44. The molecule has 0 bridgehead atoms. The third kappa shape index (κ3) is 2.65. The number of phenols is 1. The van der Waals surface area contributed by atoms with Crippen LogP contribution in [-0.2, 0) is 4.79 Å². The summed E-state index contributed by atoms with van der Waals surface area (Å²) in [5, 5.41) is 19.0. The lowest BCUT2D eigenvalue weighted by atomic mass is 10.0. The Kier molecular flexibility index (Phi) is 4.30. The second-order valence-corrected chi connectivity index (χ2v) is 6.70. The van der Waals surface area contributed by atoms with Crippen molar-refractivity contribution in [2.75, 3.05) is 16.9 Å². The van der Waals surface area contributed by atoms with E-state index in [1.807, 2.05) is 6.07 Å². The smallest absolute Gasteiger partial charge is 0.259 e. The molecule has 3 rings (SSSR count). The maximum Gasteiger partial charge on any atom is 0.259 e. The van der Waals surface area contributed by atoms with Crippen molar-refractivity contribution in [2.45, 2.75) is 19.4 Å². The van der Waals surface area contributed by atoms with E-state index in [0.717, 1.165) is 0 Å². The fourth-order valence-corrected chi connectivity index (χ4v) is 3.49. The van der Waals surface area contributed by atoms with Crippen molar-refractivity contribution < 1.29 is 14.6 Å². The Balaban J connectivity index is 2.08. The highest BCUT2D eigenvalue weighted by Gasteiger charge is 2.50. The van der Waals surface area contributed by atoms with Gasteiger partial charge in [-0.1, -0.05) is 0 Å². The first-order valence-corrected chi connectivity index (χ1v) is 8.28. The standard InChI is InChI=1S/C19H17N3O3S/c1-19(2)17(24)21(14-5-4-12(11-20)16(10-14)25-3)18(26)22(19)13-6-8-15(23)9-7-13/h4-10,23H,1-3H3. The molecule has 132 valence electrons. The minimum atomic E-state index is -0.908. The van der Waals surface area contributed by atoms with Crippen LogP contribution in [0.1, 0.15) is 19.4 Å². The second kappa shape index (κ2) is 6.32. The van der Waals surface area contributed by atoms with E-state index in [1.54, 1.807) is 61.2 Å². The number of carbonyl (C=O) groups is 1. The number of thiocarbonyl (C=S) groups is 1. The number of phenolic OH excluding ortho intramolecular Hbond substituents is 1. The van der Waals surface area contributed by atoms with E-state index in [0.29, 0.717) is 27.8 Å². The molecule has 0 atom stereocenters. The minimum Gasteiger partial charge on any atom is -0.508 e. The molecule has 1 aliphatic rings. The van der Waals surface area contributed by atoms with E-state index in [4.69, 9.17) is 22.2 Å². The Morgan fingerprint density at radius 1 is 1.15 bits per heavy atom. The van der Waals surface area contributed by atoms with E-state index >= 15 is 0 Å². The maximum absolute atomic E-state index is 13.1. The van der Waals surface area contributed by atoms with Crippen molar-refractivity contribution in [1.29, 1.82) is 5.26 Å². The zero-order chi connectivity index (χ0) is 19.1. The molecular formula is C19H17N3O3S. The van der Waals surface area contributed by atoms with Gasteiger partial charge < -0.3 is 14.7 Å². The highest BCUT2D eigenvalue weighted by molar-refractivity contribution is 7.81. The average molecular weight is 367 g/mol. The molecule has 7 heteroatoms. The average Bonchev–Trinajstić information content (AvgIpc) is 2.80. The molecule has 6 nitrogen and oxygen atoms in total. The van der Waals surface area contributed by atoms with E-state index in [-0.39, 0.29) is 11.7 Å². The van der Waals surface area contributed by atoms with Crippen LogP contribution in [0, 0.1) is 11.3 Å². The predicted molar refractivity (Wildman–Crippen MR) is 102 cm³/mol. The summed E-state index contributed by atoms with van der Waals surface area (Å²) in [5.41, 5.74) is 0.706. The van der Waals surface area contributed by atoms with Crippen molar-refractivity contribution in [1.82, 2.24) is 0 Å². The zero-order valence-electron chi connectivity index (χ0n) is 14.6. The summed E-state index contributed by atoms with van der Waals surface area (Å²) in [4.78, 5) is 16.3. The lowest BCUT2D eigenvalue weighted by Gasteiger charge is -2.29. The van der Waals surface area contributed by atoms with Crippen molar-refractivity contribution >= 4 is 34.6 Å². The minimum absolute atomic E-state index is 0.136. The molecule has 1 fully saturated rings. The normalized spacial score (nSPS) is 15.9. The first-order valence-electron chi connectivity index (χ1n) is 7.87. The van der Waals surface area contributed by atoms with Crippen LogP contribution in [0.5, 0.6) is 11.5 Å². The number of hydrogen-bond donors (Lipinski definition) is 1. The number of amides is 1. The van der Waals surface area contributed by atoms with Crippen molar-refractivity contribution in [3.8, 4) is 17.6 Å². The molecule has 1 heterocycles. The van der Waals surface area contributed by atoms with E-state index in [2.05, 4.69) is 0 Å². The third-order valence-corrected chi connectivity index (χ3v) is 4.70. The Hall–Kier alpha value is -3.11. The first kappa shape index (κ1) is 17.7. The van der Waals surface area contributed by atoms with Gasteiger partial charge in [0.05, 0.1) is 18.4 Å². The molecule has 0 unspecified atom stereocenters. The Morgan fingerprint density at radius 2 is 1.77 bits per heavy atom. The number of anilines is 2. The number of carbonyl (C=O) groups excluding carboxylic acids is 1. The zero-order valence-corrected chi connectivity index (χ0v) is 15.4. The van der Waals surface area contributed by atoms with Crippen molar-refractivity contribution in [3.05, 3.63) is 48.0 Å². The fourth-order valence-electron chi connectivity index (χ4n) is 2.97. The van der Waals surface area contributed by atoms with Gasteiger partial charge in [0.2, 0.25) is 0 Å². The van der Waals surface area contributed by atoms with Gasteiger partial charge in [-0.05, 0) is 62.5 Å². The summed E-state index contributed by atoms with van der Waals surface area (Å²) >= 11 is 5.59. The van der Waals surface area contributed by atoms with Gasteiger partial charge in [0.1, 0.15) is 23.1 Å². The topological polar surface area (TPSA) is 76.8 Å². The van der Waals surface area contributed by atoms with Gasteiger partial charge in [-0.15, -0.1) is 0 Å². The number of nitrogens with zero attached hydrogens (tertiary/aromatic N) is 3. The molecule has 2 aromatic rings. The summed E-state index contributed by atoms with van der Waals surface area (Å²) in [5.74, 6) is 0.320. The lowest BCUT2D eigenvalue weighted by molar-refractivity contribution is -0.120. The van der Waals surface area contributed by atoms with Crippen LogP contribution in [0.4, 0.5) is 11.4 Å². The maximum atomic E-state index is 13.1. The predicted octanol–water partition coefficient (Wildman–Crippen LogP) is 3.19. The molecule has 26 heavy (non-hydrogen) atoms. The van der Waals surface area contributed by atoms with Crippen LogP contribution in [0.2, 0.25) is 0 Å². The summed E-state index contributed by atoms with van der Waals surface area (Å²) < 4.78 is 5.24. The van der Waals surface area contributed by atoms with Gasteiger partial charge in [0.15, 0.2) is 5.11 Å². The van der Waals surface area contributed by atoms with Crippen molar-refractivity contribution in [2.24, 2.45) is 0 Å². The number of nitriles is 1. The number of benzene rings is 2. The number of aromatic hydroxyl groups is 1. The van der Waals surface area contributed by atoms with Crippen LogP contribution < -0.4 is 14.5 Å². The number of ether oxygens (including phenoxy) is 1. The monoisotopic (exact) mass is 367 g/mol. The van der Waals surface area contributed by atoms with Crippen LogP contribution in [-0.4, -0.2) is 28.8 Å². The molecule has 0 aliphatic carbocycles. The fraction of sp³-hybridized carbons (Fsp3) is 0.211. The molecule has 1 N–H and O–H groups in total. The summed E-state index contributed by atoms with van der Waals surface area (Å²) in [6.07, 6.45) is 0. The highest BCUT2D eigenvalue weighted by Crippen LogP contribution is 2.38. The molecule has 0 saturated carbocycles. The SMILES string of the molecule is COc1cc(N2C(=O)C(C)(C)N(c3ccc(O)cc3)C2=S)ccc1C#N. The van der Waals surface area contributed by atoms with Gasteiger partial charge >= 0.3 is 0 Å². The largest absolute Gasteiger partial charge is 0.508 e. The van der Waals surface area contributed by atoms with Gasteiger partial charge in [0.25, 0.3) is 5.91 Å². The first-order chi connectivity index (χ1) is 12.3. The highest BCUT2D eigenvalue weighted by atomic mass is 32.1. The number of methoxy groups -OCH3 is 1. The van der Waals surface area contributed by atoms with Crippen molar-refractivity contribution in [3.63, 3.8) is 0 Å². The summed E-state index contributed by atoms with van der Waals surface area (Å²) in [6, 6.07) is 13.4. The quantitative estimate of drug-likeness (QED) is 0.840. The van der Waals surface area contributed by atoms with Gasteiger partial charge in [-0.2, -0.15) is 5.26 Å². The second-order valence-electron chi connectivity index (χ2n) is 6.33. The Bertz CT molecular complexity index is 932. The van der Waals surface area contributed by atoms with Crippen LogP contribution in [0.25, 0.3) is 0 Å². The molecule has 0 spiro atoms. The number of rotatable bonds is 3. The van der Waals surface area contributed by atoms with Gasteiger partial charge in [-0.3, -0.25) is 9.69 Å². The van der Waals surface area contributed by atoms with E-state index in [1.165, 1.54) is 12.0 Å². The molecule has 1 aliphatic heterocycles. The molecule has 1 saturated heterocycles. The molecule has 0 aromatic heterocycles. The molecule has 2 aromatic carbocycles.